The molecule has 3 aromatic rings. The van der Waals surface area contributed by atoms with Crippen molar-refractivity contribution in [3.63, 3.8) is 0 Å². The number of carbonyl (C=O) groups is 1. The van der Waals surface area contributed by atoms with E-state index in [1.807, 2.05) is 43.3 Å². The summed E-state index contributed by atoms with van der Waals surface area (Å²) in [6.07, 6.45) is 0. The number of benzene rings is 3. The van der Waals surface area contributed by atoms with Crippen LogP contribution in [0.15, 0.2) is 71.6 Å². The third-order valence-electron chi connectivity index (χ3n) is 4.42. The van der Waals surface area contributed by atoms with Crippen LogP contribution in [-0.2, 0) is 16.6 Å². The molecule has 30 heavy (non-hydrogen) atoms. The molecule has 0 atom stereocenters. The zero-order valence-corrected chi connectivity index (χ0v) is 17.0. The highest BCUT2D eigenvalue weighted by atomic mass is 32.2. The molecule has 0 aromatic heterocycles. The highest BCUT2D eigenvalue weighted by molar-refractivity contribution is 7.89. The van der Waals surface area contributed by atoms with E-state index in [0.717, 1.165) is 11.1 Å². The topological polar surface area (TPSA) is 125 Å². The van der Waals surface area contributed by atoms with Gasteiger partial charge in [0, 0.05) is 17.8 Å². The van der Waals surface area contributed by atoms with Gasteiger partial charge in [-0.25, -0.2) is 13.6 Å². The van der Waals surface area contributed by atoms with E-state index in [1.54, 1.807) is 18.2 Å². The number of rotatable bonds is 6. The van der Waals surface area contributed by atoms with Crippen LogP contribution in [0, 0.1) is 18.3 Å². The summed E-state index contributed by atoms with van der Waals surface area (Å²) in [5.41, 5.74) is 3.82. The van der Waals surface area contributed by atoms with Crippen LogP contribution < -0.4 is 15.8 Å². The van der Waals surface area contributed by atoms with Gasteiger partial charge >= 0.3 is 0 Å². The number of aryl methyl sites for hydroxylation is 1. The third kappa shape index (κ3) is 5.23. The number of carbonyl (C=O) groups excluding carboxylic acids is 1. The molecule has 3 aromatic carbocycles. The van der Waals surface area contributed by atoms with Gasteiger partial charge < -0.3 is 10.6 Å². The molecule has 152 valence electrons. The molecule has 8 heteroatoms. The molecule has 4 N–H and O–H groups in total. The Balaban J connectivity index is 1.71. The van der Waals surface area contributed by atoms with E-state index in [9.17, 15) is 18.5 Å². The number of nitrogens with zero attached hydrogens (tertiary/aromatic N) is 1. The van der Waals surface area contributed by atoms with Crippen LogP contribution in [0.4, 0.5) is 11.4 Å². The van der Waals surface area contributed by atoms with E-state index in [0.29, 0.717) is 23.5 Å². The lowest BCUT2D eigenvalue weighted by Crippen LogP contribution is -2.13. The number of nitrogens with one attached hydrogen (secondary N) is 2. The Morgan fingerprint density at radius 2 is 1.80 bits per heavy atom. The van der Waals surface area contributed by atoms with E-state index in [-0.39, 0.29) is 16.4 Å². The quantitative estimate of drug-likeness (QED) is 0.564. The number of amides is 1. The normalized spacial score (nSPS) is 10.8. The van der Waals surface area contributed by atoms with Crippen LogP contribution in [0.2, 0.25) is 0 Å². The maximum absolute atomic E-state index is 12.4. The number of hydrogen-bond donors (Lipinski definition) is 3. The molecule has 0 unspecified atom stereocenters. The van der Waals surface area contributed by atoms with E-state index in [4.69, 9.17) is 5.14 Å². The lowest BCUT2D eigenvalue weighted by Gasteiger charge is -2.11. The number of hydrogen-bond acceptors (Lipinski definition) is 5. The molecule has 0 aliphatic heterocycles. The van der Waals surface area contributed by atoms with Crippen LogP contribution >= 0.6 is 0 Å². The van der Waals surface area contributed by atoms with Crippen LogP contribution in [-0.4, -0.2) is 14.3 Å². The number of nitrogens with two attached hydrogens (primary N) is 1. The highest BCUT2D eigenvalue weighted by Crippen LogP contribution is 2.21. The van der Waals surface area contributed by atoms with Crippen molar-refractivity contribution in [1.82, 2.24) is 0 Å². The molecule has 0 aliphatic rings. The molecule has 0 saturated heterocycles. The molecular formula is C22H20N4O3S. The predicted molar refractivity (Wildman–Crippen MR) is 115 cm³/mol. The zero-order chi connectivity index (χ0) is 21.7. The fourth-order valence-electron chi connectivity index (χ4n) is 2.81. The fraction of sp³-hybridized carbons (Fsp3) is 0.0909. The predicted octanol–water partition coefficient (Wildman–Crippen LogP) is 3.38. The summed E-state index contributed by atoms with van der Waals surface area (Å²) in [4.78, 5) is 12.3. The molecule has 3 rings (SSSR count). The van der Waals surface area contributed by atoms with Crippen molar-refractivity contribution in [3.05, 3.63) is 89.0 Å². The summed E-state index contributed by atoms with van der Waals surface area (Å²) in [5.74, 6) is -0.203. The van der Waals surface area contributed by atoms with Crippen molar-refractivity contribution in [2.75, 3.05) is 10.6 Å². The van der Waals surface area contributed by atoms with Crippen molar-refractivity contribution in [1.29, 1.82) is 5.26 Å². The standard InChI is InChI=1S/C22H20N4O3S/c1-15-5-7-17(8-6-15)22(27)26-19-4-2-3-16(11-19)14-25-21-10-9-20(30(24,28)29)12-18(21)13-23/h2-12,25H,14H2,1H3,(H,26,27)(H2,24,28,29). The number of nitriles is 1. The highest BCUT2D eigenvalue weighted by Gasteiger charge is 2.12. The van der Waals surface area contributed by atoms with Crippen molar-refractivity contribution in [2.24, 2.45) is 5.14 Å². The van der Waals surface area contributed by atoms with Gasteiger partial charge in [-0.05, 0) is 55.0 Å². The minimum atomic E-state index is -3.88. The number of sulfonamides is 1. The monoisotopic (exact) mass is 420 g/mol. The lowest BCUT2D eigenvalue weighted by molar-refractivity contribution is 0.102. The lowest BCUT2D eigenvalue weighted by atomic mass is 10.1. The minimum absolute atomic E-state index is 0.120. The second-order valence-electron chi connectivity index (χ2n) is 6.74. The molecule has 7 nitrogen and oxygen atoms in total. The molecule has 0 radical (unpaired) electrons. The maximum atomic E-state index is 12.4. The first-order valence-electron chi connectivity index (χ1n) is 9.04. The molecule has 0 saturated carbocycles. The Bertz CT molecular complexity index is 1230. The molecular weight excluding hydrogens is 400 g/mol. The zero-order valence-electron chi connectivity index (χ0n) is 16.2. The summed E-state index contributed by atoms with van der Waals surface area (Å²) in [6.45, 7) is 2.33. The van der Waals surface area contributed by atoms with E-state index in [1.165, 1.54) is 18.2 Å². The summed E-state index contributed by atoms with van der Waals surface area (Å²) < 4.78 is 22.9. The summed E-state index contributed by atoms with van der Waals surface area (Å²) in [5, 5.41) is 20.4. The van der Waals surface area contributed by atoms with E-state index in [2.05, 4.69) is 10.6 Å². The van der Waals surface area contributed by atoms with Gasteiger partial charge in [-0.2, -0.15) is 5.26 Å². The molecule has 0 heterocycles. The minimum Gasteiger partial charge on any atom is -0.380 e. The van der Waals surface area contributed by atoms with Gasteiger partial charge in [0.05, 0.1) is 16.1 Å². The largest absolute Gasteiger partial charge is 0.380 e. The smallest absolute Gasteiger partial charge is 0.255 e. The van der Waals surface area contributed by atoms with Gasteiger partial charge in [-0.1, -0.05) is 29.8 Å². The van der Waals surface area contributed by atoms with Crippen LogP contribution in [0.25, 0.3) is 0 Å². The van der Waals surface area contributed by atoms with Gasteiger partial charge in [0.15, 0.2) is 0 Å². The second-order valence-corrected chi connectivity index (χ2v) is 8.30. The Morgan fingerprint density at radius 3 is 2.47 bits per heavy atom. The van der Waals surface area contributed by atoms with Gasteiger partial charge in [0.2, 0.25) is 10.0 Å². The molecule has 0 bridgehead atoms. The van der Waals surface area contributed by atoms with Gasteiger partial charge in [-0.15, -0.1) is 0 Å². The van der Waals surface area contributed by atoms with Crippen LogP contribution in [0.3, 0.4) is 0 Å². The Hall–Kier alpha value is -3.67. The van der Waals surface area contributed by atoms with Crippen LogP contribution in [0.5, 0.6) is 0 Å². The van der Waals surface area contributed by atoms with Crippen molar-refractivity contribution < 1.29 is 13.2 Å². The first-order valence-corrected chi connectivity index (χ1v) is 10.6. The maximum Gasteiger partial charge on any atom is 0.255 e. The van der Waals surface area contributed by atoms with Crippen molar-refractivity contribution in [3.8, 4) is 6.07 Å². The summed E-state index contributed by atoms with van der Waals surface area (Å²) in [6, 6.07) is 20.6. The molecule has 1 amide bonds. The summed E-state index contributed by atoms with van der Waals surface area (Å²) in [7, 11) is -3.88. The number of primary sulfonamides is 1. The first-order chi connectivity index (χ1) is 14.3. The van der Waals surface area contributed by atoms with E-state index >= 15 is 0 Å². The molecule has 0 fully saturated rings. The Kier molecular flexibility index (Phi) is 6.16. The van der Waals surface area contributed by atoms with Crippen LogP contribution in [0.1, 0.15) is 27.0 Å². The van der Waals surface area contributed by atoms with Gasteiger partial charge in [-0.3, -0.25) is 4.79 Å². The first kappa shape index (κ1) is 21.0. The van der Waals surface area contributed by atoms with E-state index < -0.39 is 10.0 Å². The Morgan fingerprint density at radius 1 is 1.07 bits per heavy atom. The summed E-state index contributed by atoms with van der Waals surface area (Å²) >= 11 is 0. The average Bonchev–Trinajstić information content (AvgIpc) is 2.72. The van der Waals surface area contributed by atoms with Gasteiger partial charge in [0.1, 0.15) is 6.07 Å². The fourth-order valence-corrected chi connectivity index (χ4v) is 3.35. The SMILES string of the molecule is Cc1ccc(C(=O)Nc2cccc(CNc3ccc(S(N)(=O)=O)cc3C#N)c2)cc1. The molecule has 0 aliphatic carbocycles. The van der Waals surface area contributed by atoms with Crippen molar-refractivity contribution in [2.45, 2.75) is 18.4 Å². The second kappa shape index (κ2) is 8.78. The number of anilines is 2. The van der Waals surface area contributed by atoms with Gasteiger partial charge in [0.25, 0.3) is 5.91 Å². The molecule has 0 spiro atoms. The Labute approximate surface area is 175 Å². The van der Waals surface area contributed by atoms with Crippen molar-refractivity contribution >= 4 is 27.3 Å². The third-order valence-corrected chi connectivity index (χ3v) is 5.33. The average molecular weight is 420 g/mol.